The van der Waals surface area contributed by atoms with Crippen molar-refractivity contribution in [2.75, 3.05) is 11.5 Å². The number of phenols is 1. The average Bonchev–Trinajstić information content (AvgIpc) is 3.07. The van der Waals surface area contributed by atoms with Crippen LogP contribution in [-0.4, -0.2) is 28.5 Å². The highest BCUT2D eigenvalue weighted by Gasteiger charge is 2.47. The minimum Gasteiger partial charge on any atom is -0.508 e. The molecule has 0 aromatic heterocycles. The number of hydrogen-bond acceptors (Lipinski definition) is 5. The number of hydrogen-bond donors (Lipinski definition) is 2. The maximum atomic E-state index is 14.0. The van der Waals surface area contributed by atoms with Gasteiger partial charge < -0.3 is 14.9 Å². The quantitative estimate of drug-likeness (QED) is 0.334. The fourth-order valence-electron chi connectivity index (χ4n) is 3.74. The van der Waals surface area contributed by atoms with Gasteiger partial charge in [-0.3, -0.25) is 14.5 Å². The van der Waals surface area contributed by atoms with Crippen LogP contribution in [0.25, 0.3) is 5.76 Å². The summed E-state index contributed by atoms with van der Waals surface area (Å²) in [7, 11) is 0. The highest BCUT2D eigenvalue weighted by molar-refractivity contribution is 6.51. The van der Waals surface area contributed by atoms with Crippen LogP contribution in [0.15, 0.2) is 72.3 Å². The molecule has 0 saturated carbocycles. The molecule has 1 saturated heterocycles. The van der Waals surface area contributed by atoms with Gasteiger partial charge in [0.05, 0.1) is 18.2 Å². The number of aliphatic hydroxyl groups is 1. The van der Waals surface area contributed by atoms with Crippen molar-refractivity contribution in [3.63, 3.8) is 0 Å². The molecule has 1 amide bonds. The molecule has 1 aliphatic rings. The van der Waals surface area contributed by atoms with E-state index >= 15 is 0 Å². The molecule has 168 valence electrons. The summed E-state index contributed by atoms with van der Waals surface area (Å²) in [4.78, 5) is 27.0. The van der Waals surface area contributed by atoms with E-state index in [4.69, 9.17) is 4.74 Å². The molecule has 1 fully saturated rings. The Morgan fingerprint density at radius 1 is 0.970 bits per heavy atom. The second-order valence-electron chi connectivity index (χ2n) is 7.32. The van der Waals surface area contributed by atoms with E-state index in [0.717, 1.165) is 17.0 Å². The molecule has 1 heterocycles. The van der Waals surface area contributed by atoms with Gasteiger partial charge in [-0.05, 0) is 61.0 Å². The number of ether oxygens (including phenoxy) is 1. The first-order valence-corrected chi connectivity index (χ1v) is 10.1. The number of aromatic hydroxyl groups is 1. The van der Waals surface area contributed by atoms with E-state index in [-0.39, 0.29) is 22.6 Å². The van der Waals surface area contributed by atoms with Crippen molar-refractivity contribution < 1.29 is 33.3 Å². The molecule has 6 nitrogen and oxygen atoms in total. The minimum absolute atomic E-state index is 0.0463. The van der Waals surface area contributed by atoms with Gasteiger partial charge in [-0.1, -0.05) is 12.1 Å². The largest absolute Gasteiger partial charge is 0.508 e. The van der Waals surface area contributed by atoms with Gasteiger partial charge in [0.2, 0.25) is 0 Å². The van der Waals surface area contributed by atoms with Gasteiger partial charge in [0, 0.05) is 17.3 Å². The summed E-state index contributed by atoms with van der Waals surface area (Å²) in [6.45, 7) is 2.27. The lowest BCUT2D eigenvalue weighted by molar-refractivity contribution is -0.132. The molecule has 0 bridgehead atoms. The zero-order valence-electron chi connectivity index (χ0n) is 17.5. The number of carbonyl (C=O) groups excluding carboxylic acids is 2. The first-order valence-electron chi connectivity index (χ1n) is 10.1. The van der Waals surface area contributed by atoms with Crippen LogP contribution in [0.4, 0.5) is 14.5 Å². The molecule has 3 aromatic carbocycles. The molecule has 0 aliphatic carbocycles. The van der Waals surface area contributed by atoms with E-state index in [1.165, 1.54) is 30.3 Å². The van der Waals surface area contributed by atoms with Crippen LogP contribution in [0.1, 0.15) is 24.1 Å². The normalized spacial score (nSPS) is 17.4. The highest BCUT2D eigenvalue weighted by Crippen LogP contribution is 2.42. The number of amides is 1. The Balaban J connectivity index is 1.89. The Morgan fingerprint density at radius 3 is 2.24 bits per heavy atom. The third kappa shape index (κ3) is 4.03. The second kappa shape index (κ2) is 8.74. The molecular formula is C25H19F2NO5. The maximum Gasteiger partial charge on any atom is 0.300 e. The Morgan fingerprint density at radius 2 is 1.64 bits per heavy atom. The lowest BCUT2D eigenvalue weighted by Crippen LogP contribution is -2.29. The van der Waals surface area contributed by atoms with Crippen LogP contribution >= 0.6 is 0 Å². The molecule has 33 heavy (non-hydrogen) atoms. The fourth-order valence-corrected chi connectivity index (χ4v) is 3.74. The predicted molar refractivity (Wildman–Crippen MR) is 117 cm³/mol. The third-order valence-electron chi connectivity index (χ3n) is 5.27. The van der Waals surface area contributed by atoms with E-state index in [2.05, 4.69) is 0 Å². The molecule has 4 rings (SSSR count). The van der Waals surface area contributed by atoms with Gasteiger partial charge in [-0.2, -0.15) is 0 Å². The average molecular weight is 451 g/mol. The van der Waals surface area contributed by atoms with E-state index in [9.17, 15) is 28.6 Å². The van der Waals surface area contributed by atoms with Crippen molar-refractivity contribution in [2.24, 2.45) is 0 Å². The van der Waals surface area contributed by atoms with Gasteiger partial charge in [0.25, 0.3) is 11.7 Å². The molecular weight excluding hydrogens is 432 g/mol. The summed E-state index contributed by atoms with van der Waals surface area (Å²) in [5.74, 6) is -4.20. The number of halogens is 2. The Hall–Kier alpha value is -4.20. The topological polar surface area (TPSA) is 87.1 Å². The van der Waals surface area contributed by atoms with Gasteiger partial charge in [0.1, 0.15) is 17.3 Å². The first-order chi connectivity index (χ1) is 15.8. The number of Topliss-reactive ketones (excluding diaryl/α,β-unsaturated/α-hetero) is 1. The van der Waals surface area contributed by atoms with Gasteiger partial charge in [0.15, 0.2) is 11.6 Å². The second-order valence-corrected chi connectivity index (χ2v) is 7.32. The maximum absolute atomic E-state index is 14.0. The zero-order chi connectivity index (χ0) is 23.7. The molecule has 3 aromatic rings. The van der Waals surface area contributed by atoms with Crippen molar-refractivity contribution in [1.82, 2.24) is 0 Å². The fraction of sp³-hybridized carbons (Fsp3) is 0.120. The zero-order valence-corrected chi connectivity index (χ0v) is 17.5. The Kier molecular flexibility index (Phi) is 5.83. The number of nitrogens with zero attached hydrogens (tertiary/aromatic N) is 1. The summed E-state index contributed by atoms with van der Waals surface area (Å²) in [5.41, 5.74) is 0.370. The van der Waals surface area contributed by atoms with Gasteiger partial charge in [-0.15, -0.1) is 0 Å². The molecule has 8 heteroatoms. The van der Waals surface area contributed by atoms with E-state index in [1.807, 2.05) is 6.92 Å². The van der Waals surface area contributed by atoms with E-state index < -0.39 is 35.1 Å². The molecule has 0 spiro atoms. The number of rotatable bonds is 5. The van der Waals surface area contributed by atoms with Crippen molar-refractivity contribution in [1.29, 1.82) is 0 Å². The molecule has 2 N–H and O–H groups in total. The Labute approximate surface area is 188 Å². The Bertz CT molecular complexity index is 1250. The molecule has 1 unspecified atom stereocenters. The van der Waals surface area contributed by atoms with E-state index in [0.29, 0.717) is 17.9 Å². The predicted octanol–water partition coefficient (Wildman–Crippen LogP) is 4.70. The van der Waals surface area contributed by atoms with Crippen LogP contribution in [0.3, 0.4) is 0 Å². The summed E-state index contributed by atoms with van der Waals surface area (Å²) in [6, 6.07) is 13.7. The number of ketones is 1. The van der Waals surface area contributed by atoms with Gasteiger partial charge >= 0.3 is 0 Å². The lowest BCUT2D eigenvalue weighted by Gasteiger charge is -2.25. The number of aliphatic hydroxyl groups excluding tert-OH is 1. The standard InChI is InChI=1S/C25H19F2NO5/c1-2-33-18-10-5-15(6-11-18)23(30)21-22(14-3-8-17(29)9-4-14)28(25(32)24(21)31)16-7-12-19(26)20(27)13-16/h3-13,22,29-30H,2H2,1H3/b23-21+. The van der Waals surface area contributed by atoms with Crippen LogP contribution < -0.4 is 9.64 Å². The molecule has 1 atom stereocenters. The van der Waals surface area contributed by atoms with Crippen LogP contribution in [0.5, 0.6) is 11.5 Å². The number of benzene rings is 3. The monoisotopic (exact) mass is 451 g/mol. The van der Waals surface area contributed by atoms with Crippen LogP contribution in [0.2, 0.25) is 0 Å². The van der Waals surface area contributed by atoms with Crippen molar-refractivity contribution in [2.45, 2.75) is 13.0 Å². The first kappa shape index (κ1) is 22.0. The minimum atomic E-state index is -1.19. The third-order valence-corrected chi connectivity index (χ3v) is 5.27. The van der Waals surface area contributed by atoms with Crippen molar-refractivity contribution in [3.05, 3.63) is 95.1 Å². The van der Waals surface area contributed by atoms with Gasteiger partial charge in [-0.25, -0.2) is 8.78 Å². The molecule has 1 aliphatic heterocycles. The highest BCUT2D eigenvalue weighted by atomic mass is 19.2. The number of anilines is 1. The summed E-state index contributed by atoms with van der Waals surface area (Å²) < 4.78 is 32.8. The molecule has 0 radical (unpaired) electrons. The smallest absolute Gasteiger partial charge is 0.300 e. The lowest BCUT2D eigenvalue weighted by atomic mass is 9.95. The van der Waals surface area contributed by atoms with Crippen molar-refractivity contribution >= 4 is 23.1 Å². The van der Waals surface area contributed by atoms with E-state index in [1.54, 1.807) is 24.3 Å². The van der Waals surface area contributed by atoms with Crippen LogP contribution in [-0.2, 0) is 9.59 Å². The van der Waals surface area contributed by atoms with Crippen LogP contribution in [0, 0.1) is 11.6 Å². The summed E-state index contributed by atoms with van der Waals surface area (Å²) in [6.07, 6.45) is 0. The SMILES string of the molecule is CCOc1ccc(/C(O)=C2\C(=O)C(=O)N(c3ccc(F)c(F)c3)C2c2ccc(O)cc2)cc1. The summed E-state index contributed by atoms with van der Waals surface area (Å²) >= 11 is 0. The number of carbonyl (C=O) groups is 2. The number of phenolic OH excluding ortho intramolecular Hbond substituents is 1. The summed E-state index contributed by atoms with van der Waals surface area (Å²) in [5, 5.41) is 20.7. The van der Waals surface area contributed by atoms with Crippen molar-refractivity contribution in [3.8, 4) is 11.5 Å².